The highest BCUT2D eigenvalue weighted by atomic mass is 19.4. The van der Waals surface area contributed by atoms with Gasteiger partial charge in [0, 0.05) is 24.5 Å². The predicted molar refractivity (Wildman–Crippen MR) is 111 cm³/mol. The van der Waals surface area contributed by atoms with Crippen molar-refractivity contribution < 1.29 is 18.0 Å². The molecule has 10 atom stereocenters. The lowest BCUT2D eigenvalue weighted by Gasteiger charge is -2.55. The number of hydrogen-bond acceptors (Lipinski definition) is 6. The van der Waals surface area contributed by atoms with Gasteiger partial charge in [-0.1, -0.05) is 6.92 Å². The number of halogens is 3. The van der Waals surface area contributed by atoms with E-state index in [1.807, 2.05) is 0 Å². The molecule has 5 aliphatic carbocycles. The standard InChI is InChI=1S/C23H24F3N7O/c1-9-14-18-15(9)22(18,20(34)33-3-2-10(7-33)19-29-8-30-32-19)17-11-4-21(14,16(11)17)31-13-6-27-12(5-28-13)23(24,25)26/h5-6,8-11,14-18H,2-4,7H2,1H3,(H,28,31)(H,29,30,32)/t9?,10-,11?,14+,15?,16?,17-,18+,21+,22-/m0/s1. The van der Waals surface area contributed by atoms with Crippen LogP contribution in [0.1, 0.15) is 37.2 Å². The van der Waals surface area contributed by atoms with Crippen molar-refractivity contribution >= 4 is 11.7 Å². The summed E-state index contributed by atoms with van der Waals surface area (Å²) in [6.45, 7) is 3.71. The number of fused-ring (bicyclic) bond motifs is 4. The lowest BCUT2D eigenvalue weighted by atomic mass is 9.56. The molecule has 8 rings (SSSR count). The first-order valence-corrected chi connectivity index (χ1v) is 12.1. The summed E-state index contributed by atoms with van der Waals surface area (Å²) >= 11 is 0. The van der Waals surface area contributed by atoms with Crippen molar-refractivity contribution in [2.24, 2.45) is 46.8 Å². The van der Waals surface area contributed by atoms with Crippen molar-refractivity contribution in [1.29, 1.82) is 0 Å². The van der Waals surface area contributed by atoms with Gasteiger partial charge in [-0.25, -0.2) is 15.0 Å². The Morgan fingerprint density at radius 1 is 1.15 bits per heavy atom. The second-order valence-corrected chi connectivity index (χ2v) is 11.3. The van der Waals surface area contributed by atoms with Crippen LogP contribution < -0.4 is 5.32 Å². The van der Waals surface area contributed by atoms with Crippen molar-refractivity contribution in [3.8, 4) is 0 Å². The number of carbonyl (C=O) groups excluding carboxylic acids is 1. The molecule has 1 amide bonds. The maximum atomic E-state index is 14.0. The molecule has 178 valence electrons. The molecule has 2 N–H and O–H groups in total. The zero-order valence-corrected chi connectivity index (χ0v) is 18.5. The second kappa shape index (κ2) is 5.73. The van der Waals surface area contributed by atoms with Crippen LogP contribution in [0, 0.1) is 46.8 Å². The van der Waals surface area contributed by atoms with E-state index < -0.39 is 11.9 Å². The Bertz CT molecular complexity index is 1200. The van der Waals surface area contributed by atoms with Crippen LogP contribution >= 0.6 is 0 Å². The molecule has 34 heavy (non-hydrogen) atoms. The molecule has 11 heteroatoms. The summed E-state index contributed by atoms with van der Waals surface area (Å²) in [7, 11) is 0. The molecule has 1 aliphatic heterocycles. The number of aromatic amines is 1. The first-order chi connectivity index (χ1) is 16.3. The highest BCUT2D eigenvalue weighted by Crippen LogP contribution is 2.96. The number of aromatic nitrogens is 5. The molecule has 6 fully saturated rings. The Hall–Kier alpha value is -2.72. The van der Waals surface area contributed by atoms with Gasteiger partial charge in [0.25, 0.3) is 0 Å². The topological polar surface area (TPSA) is 99.7 Å². The van der Waals surface area contributed by atoms with Crippen LogP contribution in [0.2, 0.25) is 0 Å². The smallest absolute Gasteiger partial charge is 0.363 e. The first kappa shape index (κ1) is 19.6. The Labute approximate surface area is 193 Å². The maximum absolute atomic E-state index is 14.0. The largest absolute Gasteiger partial charge is 0.434 e. The van der Waals surface area contributed by atoms with Gasteiger partial charge in [0.2, 0.25) is 5.91 Å². The number of carbonyl (C=O) groups is 1. The predicted octanol–water partition coefficient (Wildman–Crippen LogP) is 2.56. The Kier molecular flexibility index (Phi) is 3.30. The molecule has 3 heterocycles. The molecule has 0 spiro atoms. The van der Waals surface area contributed by atoms with Crippen LogP contribution in [-0.2, 0) is 11.0 Å². The fraction of sp³-hybridized carbons (Fsp3) is 0.696. The molecule has 8 nitrogen and oxygen atoms in total. The number of H-pyrrole nitrogens is 1. The summed E-state index contributed by atoms with van der Waals surface area (Å²) in [5, 5.41) is 10.4. The zero-order valence-electron chi connectivity index (χ0n) is 18.5. The van der Waals surface area contributed by atoms with Crippen LogP contribution in [0.3, 0.4) is 0 Å². The molecule has 5 saturated carbocycles. The number of amides is 1. The third kappa shape index (κ3) is 2.03. The van der Waals surface area contributed by atoms with Crippen LogP contribution in [0.15, 0.2) is 18.7 Å². The third-order valence-corrected chi connectivity index (χ3v) is 10.4. The van der Waals surface area contributed by atoms with E-state index in [1.165, 1.54) is 12.5 Å². The van der Waals surface area contributed by atoms with E-state index in [4.69, 9.17) is 0 Å². The molecule has 4 unspecified atom stereocenters. The fourth-order valence-corrected chi connectivity index (χ4v) is 9.37. The SMILES string of the molecule is CC1C2[C@H]3[C@@H]1[C@]1(Nc4cnc(C(F)(F)F)cn4)CC4C1[C@H]4[C@@]23C(=O)N1CC[C@H](c2ncn[nH]2)C1. The number of nitrogens with one attached hydrogen (secondary N) is 2. The van der Waals surface area contributed by atoms with Crippen molar-refractivity contribution in [2.45, 2.75) is 37.4 Å². The normalized spacial score (nSPS) is 46.6. The molecule has 1 saturated heterocycles. The lowest BCUT2D eigenvalue weighted by Crippen LogP contribution is -2.60. The Morgan fingerprint density at radius 2 is 2.00 bits per heavy atom. The monoisotopic (exact) mass is 471 g/mol. The van der Waals surface area contributed by atoms with Crippen molar-refractivity contribution in [3.05, 3.63) is 30.2 Å². The molecule has 2 aromatic heterocycles. The maximum Gasteiger partial charge on any atom is 0.434 e. The average molecular weight is 471 g/mol. The summed E-state index contributed by atoms with van der Waals surface area (Å²) in [6, 6.07) is 0. The van der Waals surface area contributed by atoms with Gasteiger partial charge in [0.05, 0.1) is 17.8 Å². The van der Waals surface area contributed by atoms with Gasteiger partial charge in [0.15, 0.2) is 5.69 Å². The van der Waals surface area contributed by atoms with Gasteiger partial charge in [-0.3, -0.25) is 9.89 Å². The van der Waals surface area contributed by atoms with Gasteiger partial charge in [-0.05, 0) is 54.3 Å². The third-order valence-electron chi connectivity index (χ3n) is 10.4. The van der Waals surface area contributed by atoms with E-state index in [9.17, 15) is 18.0 Å². The second-order valence-electron chi connectivity index (χ2n) is 11.3. The number of alkyl halides is 3. The Balaban J connectivity index is 1.05. The Morgan fingerprint density at radius 3 is 2.71 bits per heavy atom. The highest BCUT2D eigenvalue weighted by Gasteiger charge is 2.99. The van der Waals surface area contributed by atoms with Gasteiger partial charge in [0.1, 0.15) is 18.0 Å². The summed E-state index contributed by atoms with van der Waals surface area (Å²) in [5.41, 5.74) is -1.35. The van der Waals surface area contributed by atoms with Crippen LogP contribution in [0.4, 0.5) is 19.0 Å². The summed E-state index contributed by atoms with van der Waals surface area (Å²) < 4.78 is 38.7. The minimum atomic E-state index is -4.50. The van der Waals surface area contributed by atoms with Crippen molar-refractivity contribution in [1.82, 2.24) is 30.0 Å². The van der Waals surface area contributed by atoms with E-state index in [2.05, 4.69) is 42.3 Å². The van der Waals surface area contributed by atoms with E-state index in [0.29, 0.717) is 59.7 Å². The van der Waals surface area contributed by atoms with E-state index in [1.54, 1.807) is 0 Å². The van der Waals surface area contributed by atoms with Gasteiger partial charge in [-0.2, -0.15) is 18.3 Å². The number of nitrogens with zero attached hydrogens (tertiary/aromatic N) is 5. The first-order valence-electron chi connectivity index (χ1n) is 12.1. The molecule has 2 aromatic rings. The van der Waals surface area contributed by atoms with E-state index >= 15 is 0 Å². The molecule has 0 aromatic carbocycles. The highest BCUT2D eigenvalue weighted by molar-refractivity contribution is 5.91. The van der Waals surface area contributed by atoms with Crippen molar-refractivity contribution in [2.75, 3.05) is 18.4 Å². The molecule has 0 bridgehead atoms. The van der Waals surface area contributed by atoms with Gasteiger partial charge >= 0.3 is 6.18 Å². The number of hydrogen-bond donors (Lipinski definition) is 2. The zero-order chi connectivity index (χ0) is 23.2. The molecular formula is C23H24F3N7O. The molecule has 6 aliphatic rings. The fourth-order valence-electron chi connectivity index (χ4n) is 9.37. The van der Waals surface area contributed by atoms with E-state index in [0.717, 1.165) is 31.4 Å². The quantitative estimate of drug-likeness (QED) is 0.711. The van der Waals surface area contributed by atoms with Crippen LogP contribution in [-0.4, -0.2) is 54.6 Å². The molecule has 0 radical (unpaired) electrons. The summed E-state index contributed by atoms with van der Waals surface area (Å²) in [6.07, 6.45) is 0.904. The minimum absolute atomic E-state index is 0.155. The van der Waals surface area contributed by atoms with Crippen LogP contribution in [0.5, 0.6) is 0 Å². The number of anilines is 1. The van der Waals surface area contributed by atoms with Gasteiger partial charge in [-0.15, -0.1) is 0 Å². The van der Waals surface area contributed by atoms with E-state index in [-0.39, 0.29) is 16.9 Å². The minimum Gasteiger partial charge on any atom is -0.363 e. The molecular weight excluding hydrogens is 447 g/mol. The van der Waals surface area contributed by atoms with Crippen molar-refractivity contribution in [3.63, 3.8) is 0 Å². The van der Waals surface area contributed by atoms with Gasteiger partial charge < -0.3 is 10.2 Å². The van der Waals surface area contributed by atoms with Crippen LogP contribution in [0.25, 0.3) is 0 Å². The lowest BCUT2D eigenvalue weighted by molar-refractivity contribution is -0.141. The summed E-state index contributed by atoms with van der Waals surface area (Å²) in [4.78, 5) is 28.0. The number of rotatable bonds is 4. The summed E-state index contributed by atoms with van der Waals surface area (Å²) in [5.74, 6) is 4.74. The average Bonchev–Trinajstić information content (AvgIpc) is 3.33. The number of likely N-dealkylation sites (tertiary alicyclic amines) is 1.